The highest BCUT2D eigenvalue weighted by atomic mass is 35.5. The molecule has 1 amide bonds. The molecule has 0 bridgehead atoms. The standard InChI is InChI=1S/C13H20ClN3O2S/c1-9-10(12(14)17(2)16-9)7-11(18)15-8-13(19)3-5-20-6-4-13/h19H,3-8H2,1-2H3,(H,15,18). The summed E-state index contributed by atoms with van der Waals surface area (Å²) in [6.07, 6.45) is 1.65. The number of carbonyl (C=O) groups excluding carboxylic acids is 1. The van der Waals surface area contributed by atoms with E-state index in [2.05, 4.69) is 10.4 Å². The molecule has 1 aliphatic heterocycles. The van der Waals surface area contributed by atoms with Crippen molar-refractivity contribution in [1.82, 2.24) is 15.1 Å². The Hall–Kier alpha value is -0.720. The van der Waals surface area contributed by atoms with Crippen molar-refractivity contribution in [2.24, 2.45) is 7.05 Å². The molecule has 0 unspecified atom stereocenters. The largest absolute Gasteiger partial charge is 0.388 e. The zero-order valence-electron chi connectivity index (χ0n) is 11.8. The molecule has 0 spiro atoms. The van der Waals surface area contributed by atoms with Crippen molar-refractivity contribution < 1.29 is 9.90 Å². The third-order valence-corrected chi connectivity index (χ3v) is 5.10. The second-order valence-corrected chi connectivity index (χ2v) is 6.85. The highest BCUT2D eigenvalue weighted by Crippen LogP contribution is 2.26. The average molecular weight is 318 g/mol. The number of aromatic nitrogens is 2. The number of aryl methyl sites for hydroxylation is 2. The van der Waals surface area contributed by atoms with Gasteiger partial charge < -0.3 is 10.4 Å². The van der Waals surface area contributed by atoms with Crippen molar-refractivity contribution in [3.63, 3.8) is 0 Å². The van der Waals surface area contributed by atoms with Crippen molar-refractivity contribution in [3.8, 4) is 0 Å². The van der Waals surface area contributed by atoms with Gasteiger partial charge in [0.1, 0.15) is 5.15 Å². The Balaban J connectivity index is 1.89. The lowest BCUT2D eigenvalue weighted by Gasteiger charge is -2.31. The molecule has 112 valence electrons. The molecule has 7 heteroatoms. The third kappa shape index (κ3) is 3.68. The van der Waals surface area contributed by atoms with Gasteiger partial charge in [-0.25, -0.2) is 0 Å². The van der Waals surface area contributed by atoms with Gasteiger partial charge >= 0.3 is 0 Å². The van der Waals surface area contributed by atoms with E-state index in [4.69, 9.17) is 11.6 Å². The average Bonchev–Trinajstić information content (AvgIpc) is 2.64. The van der Waals surface area contributed by atoms with Crippen LogP contribution in [0.4, 0.5) is 0 Å². The molecule has 0 aromatic carbocycles. The molecule has 0 aliphatic carbocycles. The Kier molecular flexibility index (Phi) is 4.99. The normalized spacial score (nSPS) is 18.0. The highest BCUT2D eigenvalue weighted by Gasteiger charge is 2.30. The zero-order chi connectivity index (χ0) is 14.8. The van der Waals surface area contributed by atoms with Gasteiger partial charge in [0, 0.05) is 19.2 Å². The van der Waals surface area contributed by atoms with E-state index in [0.29, 0.717) is 11.7 Å². The number of halogens is 1. The minimum absolute atomic E-state index is 0.130. The minimum Gasteiger partial charge on any atom is -0.388 e. The van der Waals surface area contributed by atoms with Gasteiger partial charge in [-0.15, -0.1) is 0 Å². The van der Waals surface area contributed by atoms with E-state index in [1.54, 1.807) is 11.7 Å². The second-order valence-electron chi connectivity index (χ2n) is 5.27. The maximum atomic E-state index is 12.0. The third-order valence-electron chi connectivity index (χ3n) is 3.65. The first kappa shape index (κ1) is 15.7. The number of nitrogens with one attached hydrogen (secondary N) is 1. The maximum Gasteiger partial charge on any atom is 0.224 e. The predicted octanol–water partition coefficient (Wildman–Crippen LogP) is 1.30. The molecule has 0 saturated carbocycles. The summed E-state index contributed by atoms with van der Waals surface area (Å²) in [7, 11) is 1.75. The van der Waals surface area contributed by atoms with E-state index in [0.717, 1.165) is 35.6 Å². The molecule has 2 heterocycles. The van der Waals surface area contributed by atoms with E-state index in [9.17, 15) is 9.90 Å². The topological polar surface area (TPSA) is 67.2 Å². The van der Waals surface area contributed by atoms with Crippen LogP contribution in [0.25, 0.3) is 0 Å². The lowest BCUT2D eigenvalue weighted by molar-refractivity contribution is -0.121. The molecule has 20 heavy (non-hydrogen) atoms. The summed E-state index contributed by atoms with van der Waals surface area (Å²) in [4.78, 5) is 12.0. The molecule has 2 N–H and O–H groups in total. The van der Waals surface area contributed by atoms with Crippen LogP contribution in [-0.4, -0.2) is 44.4 Å². The van der Waals surface area contributed by atoms with Crippen LogP contribution < -0.4 is 5.32 Å². The Labute approximate surface area is 128 Å². The van der Waals surface area contributed by atoms with Gasteiger partial charge in [0.05, 0.1) is 17.7 Å². The smallest absolute Gasteiger partial charge is 0.224 e. The van der Waals surface area contributed by atoms with Crippen molar-refractivity contribution >= 4 is 29.3 Å². The van der Waals surface area contributed by atoms with Gasteiger partial charge in [0.15, 0.2) is 0 Å². The van der Waals surface area contributed by atoms with Gasteiger partial charge in [0.25, 0.3) is 0 Å². The van der Waals surface area contributed by atoms with Crippen molar-refractivity contribution in [2.75, 3.05) is 18.1 Å². The van der Waals surface area contributed by atoms with E-state index in [-0.39, 0.29) is 12.3 Å². The van der Waals surface area contributed by atoms with Crippen LogP contribution in [0.15, 0.2) is 0 Å². The summed E-state index contributed by atoms with van der Waals surface area (Å²) in [6.45, 7) is 2.14. The summed E-state index contributed by atoms with van der Waals surface area (Å²) < 4.78 is 1.56. The first-order valence-corrected chi connectivity index (χ1v) is 8.19. The number of carbonyl (C=O) groups is 1. The van der Waals surface area contributed by atoms with Crippen molar-refractivity contribution in [2.45, 2.75) is 31.8 Å². The number of hydrogen-bond donors (Lipinski definition) is 2. The Morgan fingerprint density at radius 2 is 2.20 bits per heavy atom. The summed E-state index contributed by atoms with van der Waals surface area (Å²) in [6, 6.07) is 0. The van der Waals surface area contributed by atoms with Gasteiger partial charge in [-0.05, 0) is 31.3 Å². The van der Waals surface area contributed by atoms with Crippen LogP contribution in [0.1, 0.15) is 24.1 Å². The van der Waals surface area contributed by atoms with Crippen LogP contribution in [0.3, 0.4) is 0 Å². The van der Waals surface area contributed by atoms with Crippen LogP contribution in [-0.2, 0) is 18.3 Å². The number of amides is 1. The second kappa shape index (κ2) is 6.37. The van der Waals surface area contributed by atoms with Crippen LogP contribution in [0.2, 0.25) is 5.15 Å². The molecule has 1 saturated heterocycles. The summed E-state index contributed by atoms with van der Waals surface area (Å²) >= 11 is 7.94. The van der Waals surface area contributed by atoms with E-state index < -0.39 is 5.60 Å². The Morgan fingerprint density at radius 3 is 2.75 bits per heavy atom. The highest BCUT2D eigenvalue weighted by molar-refractivity contribution is 7.99. The number of nitrogens with zero attached hydrogens (tertiary/aromatic N) is 2. The fourth-order valence-electron chi connectivity index (χ4n) is 2.29. The number of hydrogen-bond acceptors (Lipinski definition) is 4. The molecule has 1 aromatic heterocycles. The van der Waals surface area contributed by atoms with E-state index in [1.165, 1.54) is 0 Å². The molecule has 5 nitrogen and oxygen atoms in total. The van der Waals surface area contributed by atoms with Crippen molar-refractivity contribution in [1.29, 1.82) is 0 Å². The van der Waals surface area contributed by atoms with Gasteiger partial charge in [-0.2, -0.15) is 16.9 Å². The molecule has 0 radical (unpaired) electrons. The molecule has 0 atom stereocenters. The van der Waals surface area contributed by atoms with E-state index in [1.807, 2.05) is 18.7 Å². The molecule has 1 fully saturated rings. The lowest BCUT2D eigenvalue weighted by Crippen LogP contribution is -2.45. The fraction of sp³-hybridized carbons (Fsp3) is 0.692. The minimum atomic E-state index is -0.755. The van der Waals surface area contributed by atoms with Gasteiger partial charge in [-0.3, -0.25) is 9.48 Å². The zero-order valence-corrected chi connectivity index (χ0v) is 13.4. The number of thioether (sulfide) groups is 1. The molecule has 1 aliphatic rings. The first-order chi connectivity index (χ1) is 9.41. The van der Waals surface area contributed by atoms with Gasteiger partial charge in [0.2, 0.25) is 5.91 Å². The summed E-state index contributed by atoms with van der Waals surface area (Å²) in [5.41, 5.74) is 0.757. The molecule has 2 rings (SSSR count). The monoisotopic (exact) mass is 317 g/mol. The summed E-state index contributed by atoms with van der Waals surface area (Å²) in [5, 5.41) is 17.8. The first-order valence-electron chi connectivity index (χ1n) is 6.66. The van der Waals surface area contributed by atoms with Crippen molar-refractivity contribution in [3.05, 3.63) is 16.4 Å². The number of aliphatic hydroxyl groups is 1. The van der Waals surface area contributed by atoms with E-state index >= 15 is 0 Å². The van der Waals surface area contributed by atoms with Crippen LogP contribution >= 0.6 is 23.4 Å². The fourth-order valence-corrected chi connectivity index (χ4v) is 3.78. The lowest BCUT2D eigenvalue weighted by atomic mass is 9.97. The number of rotatable bonds is 4. The Bertz CT molecular complexity index is 498. The quantitative estimate of drug-likeness (QED) is 0.878. The molecule has 1 aromatic rings. The van der Waals surface area contributed by atoms with Gasteiger partial charge in [-0.1, -0.05) is 11.6 Å². The predicted molar refractivity (Wildman–Crippen MR) is 81.2 cm³/mol. The van der Waals surface area contributed by atoms with Crippen LogP contribution in [0.5, 0.6) is 0 Å². The Morgan fingerprint density at radius 1 is 1.55 bits per heavy atom. The SMILES string of the molecule is Cc1nn(C)c(Cl)c1CC(=O)NCC1(O)CCSCC1. The molecular formula is C13H20ClN3O2S. The molecular weight excluding hydrogens is 298 g/mol. The maximum absolute atomic E-state index is 12.0. The summed E-state index contributed by atoms with van der Waals surface area (Å²) in [5.74, 6) is 1.76. The van der Waals surface area contributed by atoms with Crippen LogP contribution in [0, 0.1) is 6.92 Å².